The van der Waals surface area contributed by atoms with Gasteiger partial charge in [-0.3, -0.25) is 0 Å². The third kappa shape index (κ3) is 3.92. The van der Waals surface area contributed by atoms with E-state index in [0.717, 1.165) is 0 Å². The van der Waals surface area contributed by atoms with Crippen molar-refractivity contribution in [1.29, 1.82) is 0 Å². The first-order valence-electron chi connectivity index (χ1n) is 5.70. The minimum atomic E-state index is -1.10. The fourth-order valence-corrected chi connectivity index (χ4v) is 9.30. The zero-order valence-corrected chi connectivity index (χ0v) is 18.5. The van der Waals surface area contributed by atoms with Gasteiger partial charge in [-0.05, 0) is 13.8 Å². The second-order valence-electron chi connectivity index (χ2n) is 6.56. The summed E-state index contributed by atoms with van der Waals surface area (Å²) in [5, 5.41) is 0. The molecule has 0 saturated heterocycles. The molecule has 86 valence electrons. The maximum absolute atomic E-state index is 2.47. The zero-order valence-electron chi connectivity index (χ0n) is 12.4. The van der Waals surface area contributed by atoms with Gasteiger partial charge in [0.15, 0.2) is 0 Å². The number of hydrogen-bond donors (Lipinski definition) is 0. The number of rotatable bonds is 2. The summed E-state index contributed by atoms with van der Waals surface area (Å²) >= 11 is 0. The van der Waals surface area contributed by atoms with Crippen LogP contribution in [0.4, 0.5) is 0 Å². The van der Waals surface area contributed by atoms with Crippen LogP contribution in [0.1, 0.15) is 11.1 Å². The molecule has 0 nitrogen and oxygen atoms in total. The van der Waals surface area contributed by atoms with Gasteiger partial charge in [-0.2, -0.15) is 0 Å². The van der Waals surface area contributed by atoms with E-state index in [4.69, 9.17) is 0 Å². The Morgan fingerprint density at radius 3 is 1.06 bits per heavy atom. The molecule has 0 N–H and O–H groups in total. The fraction of sp³-hybridized carbons (Fsp3) is 0.667. The van der Waals surface area contributed by atoms with Crippen molar-refractivity contribution in [2.45, 2.75) is 53.1 Å². The van der Waals surface area contributed by atoms with Gasteiger partial charge in [0, 0.05) is 16.1 Å². The predicted molar refractivity (Wildman–Crippen MR) is 80.0 cm³/mol. The summed E-state index contributed by atoms with van der Waals surface area (Å²) in [6.45, 7) is 19.5. The van der Waals surface area contributed by atoms with E-state index in [0.29, 0.717) is 0 Å². The van der Waals surface area contributed by atoms with Crippen LogP contribution in [0.2, 0.25) is 39.3 Å². The van der Waals surface area contributed by atoms with Crippen LogP contribution >= 0.6 is 8.19 Å². The molecule has 0 aromatic carbocycles. The predicted octanol–water partition coefficient (Wildman–Crippen LogP) is 0.697. The minimum absolute atomic E-state index is 0. The molecule has 16 heavy (non-hydrogen) atoms. The molecule has 0 saturated carbocycles. The molecule has 1 rings (SSSR count). The van der Waals surface area contributed by atoms with Crippen molar-refractivity contribution < 1.29 is 51.4 Å². The number of hydrogen-bond acceptors (Lipinski definition) is 0. The van der Waals surface area contributed by atoms with Crippen LogP contribution in [0, 0.1) is 13.8 Å². The molecule has 0 radical (unpaired) electrons. The van der Waals surface area contributed by atoms with Crippen LogP contribution in [-0.4, -0.2) is 16.1 Å². The summed E-state index contributed by atoms with van der Waals surface area (Å²) in [6, 6.07) is 0. The van der Waals surface area contributed by atoms with E-state index in [1.54, 1.807) is 29.2 Å². The quantitative estimate of drug-likeness (QED) is 0.705. The van der Waals surface area contributed by atoms with E-state index in [2.05, 4.69) is 53.1 Å². The van der Waals surface area contributed by atoms with Crippen molar-refractivity contribution in [1.82, 2.24) is 0 Å². The summed E-state index contributed by atoms with van der Waals surface area (Å²) in [7, 11) is -0.623. The van der Waals surface area contributed by atoms with Crippen LogP contribution in [0.3, 0.4) is 0 Å². The summed E-state index contributed by atoms with van der Waals surface area (Å²) in [5.41, 5.74) is 3.24. The van der Waals surface area contributed by atoms with Crippen molar-refractivity contribution >= 4 is 34.2 Å². The summed E-state index contributed by atoms with van der Waals surface area (Å²) in [6.07, 6.45) is 0. The van der Waals surface area contributed by atoms with Crippen LogP contribution < -0.4 is 61.2 Å². The maximum Gasteiger partial charge on any atom is 1.00 e. The van der Waals surface area contributed by atoms with Gasteiger partial charge in [-0.15, -0.1) is 0 Å². The molecule has 0 unspecified atom stereocenters. The van der Waals surface area contributed by atoms with Crippen molar-refractivity contribution in [3.8, 4) is 0 Å². The molecule has 0 fully saturated rings. The molecule has 1 aromatic heterocycles. The van der Waals surface area contributed by atoms with Gasteiger partial charge < -0.3 is 8.19 Å². The van der Waals surface area contributed by atoms with E-state index >= 15 is 0 Å². The van der Waals surface area contributed by atoms with Crippen LogP contribution in [0.5, 0.6) is 0 Å². The van der Waals surface area contributed by atoms with E-state index < -0.39 is 16.1 Å². The van der Waals surface area contributed by atoms with Gasteiger partial charge in [0.25, 0.3) is 0 Å². The van der Waals surface area contributed by atoms with Gasteiger partial charge in [-0.1, -0.05) is 50.4 Å². The molecular weight excluding hydrogens is 270 g/mol. The van der Waals surface area contributed by atoms with E-state index in [1.807, 2.05) is 0 Å². The first kappa shape index (κ1) is 17.9. The molecule has 4 heteroatoms. The molecule has 0 amide bonds. The smallest absolute Gasteiger partial charge is 0.532 e. The first-order chi connectivity index (χ1) is 6.55. The van der Waals surface area contributed by atoms with Gasteiger partial charge in [0.05, 0.1) is 0 Å². The second kappa shape index (κ2) is 5.87. The summed E-state index contributed by atoms with van der Waals surface area (Å²) in [4.78, 5) is 3.55. The summed E-state index contributed by atoms with van der Waals surface area (Å²) in [5.74, 6) is 0. The topological polar surface area (TPSA) is 0 Å². The Labute approximate surface area is 148 Å². The largest absolute Gasteiger partial charge is 1.00 e. The van der Waals surface area contributed by atoms with Crippen molar-refractivity contribution in [3.05, 3.63) is 11.1 Å². The Kier molecular flexibility index (Phi) is 6.55. The summed E-state index contributed by atoms with van der Waals surface area (Å²) < 4.78 is 0. The second-order valence-corrected chi connectivity index (χ2v) is 18.5. The van der Waals surface area contributed by atoms with Gasteiger partial charge in [0.1, 0.15) is 0 Å². The normalized spacial score (nSPS) is 12.5. The van der Waals surface area contributed by atoms with E-state index in [-0.39, 0.29) is 51.4 Å². The third-order valence-corrected chi connectivity index (χ3v) is 12.3. The monoisotopic (exact) mass is 294 g/mol. The standard InChI is InChI=1S/C12H24PSi2.K/c1-9-10(2)12(15(6,7)8)13-11(9)14(3,4)5;/h1-8H3;/q-1;+1. The van der Waals surface area contributed by atoms with Crippen LogP contribution in [0.15, 0.2) is 0 Å². The Hall–Kier alpha value is 1.85. The molecule has 0 atom stereocenters. The van der Waals surface area contributed by atoms with Crippen molar-refractivity contribution in [3.63, 3.8) is 0 Å². The third-order valence-electron chi connectivity index (χ3n) is 2.92. The van der Waals surface area contributed by atoms with Crippen LogP contribution in [0.25, 0.3) is 0 Å². The van der Waals surface area contributed by atoms with Gasteiger partial charge in [0.2, 0.25) is 0 Å². The van der Waals surface area contributed by atoms with Crippen molar-refractivity contribution in [2.24, 2.45) is 0 Å². The Morgan fingerprint density at radius 1 is 0.688 bits per heavy atom. The molecule has 0 aliphatic rings. The Morgan fingerprint density at radius 2 is 0.938 bits per heavy atom. The fourth-order valence-electron chi connectivity index (χ4n) is 2.10. The van der Waals surface area contributed by atoms with Gasteiger partial charge in [-0.25, -0.2) is 9.84 Å². The minimum Gasteiger partial charge on any atom is -0.532 e. The maximum atomic E-state index is 2.47. The zero-order chi connectivity index (χ0) is 12.0. The van der Waals surface area contributed by atoms with Crippen LogP contribution in [-0.2, 0) is 0 Å². The van der Waals surface area contributed by atoms with Crippen molar-refractivity contribution in [2.75, 3.05) is 0 Å². The van der Waals surface area contributed by atoms with Gasteiger partial charge >= 0.3 is 51.4 Å². The molecule has 0 aliphatic carbocycles. The molecule has 0 bridgehead atoms. The first-order valence-corrected chi connectivity index (χ1v) is 13.6. The van der Waals surface area contributed by atoms with E-state index in [1.165, 1.54) is 0 Å². The molecule has 1 aromatic rings. The Bertz CT molecular complexity index is 335. The SMILES string of the molecule is Cc1c([Si](C)(C)C)[p-]c([Si](C)(C)C)c1C.[K+]. The average molecular weight is 295 g/mol. The molecule has 0 spiro atoms. The Balaban J connectivity index is 0.00000225. The van der Waals surface area contributed by atoms with E-state index in [9.17, 15) is 0 Å². The molecular formula is C12H24KPSi2. The average Bonchev–Trinajstić information content (AvgIpc) is 2.26. The molecule has 0 aliphatic heterocycles. The molecule has 1 heterocycles.